The number of anilines is 1. The van der Waals surface area contributed by atoms with Crippen molar-refractivity contribution in [3.63, 3.8) is 0 Å². The Morgan fingerprint density at radius 2 is 1.39 bits per heavy atom. The van der Waals surface area contributed by atoms with Gasteiger partial charge in [-0.25, -0.2) is 4.79 Å². The number of nitrogens with zero attached hydrogens (tertiary/aromatic N) is 1. The van der Waals surface area contributed by atoms with E-state index in [1.165, 1.54) is 43.8 Å². The second-order valence-corrected chi connectivity index (χ2v) is 13.4. The van der Waals surface area contributed by atoms with Crippen LogP contribution in [-0.4, -0.2) is 50.4 Å². The standard InChI is InChI=1S/C39H36ClNO9S/c1-4-41(36(43)24-5-7-25(8-6-24)37(44)48-3)29-14-16-30(17-15-29)49-38(45)26-9-11-27(12-10-26)39(46)50-33-20-18-31(47-2)23-28(33)13-19-32(42)34-21-22-35(40)51-34/h5-8,13-23,26-27H,4,9-12H2,1-3H3/b19-13+. The number of amides is 1. The number of esters is 3. The Morgan fingerprint density at radius 3 is 1.96 bits per heavy atom. The fourth-order valence-electron chi connectivity index (χ4n) is 5.69. The molecule has 1 aliphatic rings. The monoisotopic (exact) mass is 729 g/mol. The minimum absolute atomic E-state index is 0.230. The van der Waals surface area contributed by atoms with Gasteiger partial charge in [0.2, 0.25) is 0 Å². The highest BCUT2D eigenvalue weighted by Gasteiger charge is 2.32. The lowest BCUT2D eigenvalue weighted by atomic mass is 9.82. The minimum Gasteiger partial charge on any atom is -0.497 e. The molecular weight excluding hydrogens is 694 g/mol. The van der Waals surface area contributed by atoms with E-state index in [0.717, 1.165) is 0 Å². The molecule has 1 saturated carbocycles. The summed E-state index contributed by atoms with van der Waals surface area (Å²) < 4.78 is 22.0. The van der Waals surface area contributed by atoms with E-state index in [2.05, 4.69) is 0 Å². The molecule has 1 aliphatic carbocycles. The summed E-state index contributed by atoms with van der Waals surface area (Å²) >= 11 is 7.14. The predicted molar refractivity (Wildman–Crippen MR) is 194 cm³/mol. The molecule has 5 rings (SSSR count). The van der Waals surface area contributed by atoms with Crippen LogP contribution in [0.15, 0.2) is 84.9 Å². The summed E-state index contributed by atoms with van der Waals surface area (Å²) in [7, 11) is 2.81. The molecule has 264 valence electrons. The molecule has 4 aromatic rings. The third kappa shape index (κ3) is 9.30. The summed E-state index contributed by atoms with van der Waals surface area (Å²) in [5, 5.41) is 0. The minimum atomic E-state index is -0.484. The number of ether oxygens (including phenoxy) is 4. The van der Waals surface area contributed by atoms with Gasteiger partial charge in [-0.15, -0.1) is 11.3 Å². The molecule has 0 saturated heterocycles. The van der Waals surface area contributed by atoms with E-state index in [9.17, 15) is 24.0 Å². The van der Waals surface area contributed by atoms with Crippen LogP contribution in [0.2, 0.25) is 4.34 Å². The number of hydrogen-bond acceptors (Lipinski definition) is 10. The highest BCUT2D eigenvalue weighted by molar-refractivity contribution is 7.18. The molecule has 0 atom stereocenters. The van der Waals surface area contributed by atoms with Gasteiger partial charge in [0.05, 0.1) is 40.8 Å². The first kappa shape index (κ1) is 37.0. The molecule has 0 N–H and O–H groups in total. The Kier molecular flexibility index (Phi) is 12.4. The van der Waals surface area contributed by atoms with E-state index >= 15 is 0 Å². The highest BCUT2D eigenvalue weighted by atomic mass is 35.5. The van der Waals surface area contributed by atoms with Crippen molar-refractivity contribution in [1.29, 1.82) is 0 Å². The molecule has 1 aromatic heterocycles. The van der Waals surface area contributed by atoms with Gasteiger partial charge in [-0.2, -0.15) is 0 Å². The second-order valence-electron chi connectivity index (χ2n) is 11.7. The first-order valence-corrected chi connectivity index (χ1v) is 17.5. The molecule has 0 unspecified atom stereocenters. The molecule has 12 heteroatoms. The molecule has 3 aromatic carbocycles. The van der Waals surface area contributed by atoms with Gasteiger partial charge in [0.25, 0.3) is 5.91 Å². The van der Waals surface area contributed by atoms with Gasteiger partial charge in [-0.05, 0) is 124 Å². The zero-order chi connectivity index (χ0) is 36.5. The molecule has 0 aliphatic heterocycles. The number of hydrogen-bond donors (Lipinski definition) is 0. The molecule has 0 bridgehead atoms. The van der Waals surface area contributed by atoms with Gasteiger partial charge in [0, 0.05) is 23.4 Å². The number of carbonyl (C=O) groups is 5. The molecule has 1 fully saturated rings. The fraction of sp³-hybridized carbons (Fsp3) is 0.256. The molecule has 1 amide bonds. The third-order valence-electron chi connectivity index (χ3n) is 8.53. The van der Waals surface area contributed by atoms with Crippen LogP contribution >= 0.6 is 22.9 Å². The van der Waals surface area contributed by atoms with Gasteiger partial charge < -0.3 is 23.8 Å². The van der Waals surface area contributed by atoms with E-state index in [1.54, 1.807) is 77.7 Å². The summed E-state index contributed by atoms with van der Waals surface area (Å²) in [4.78, 5) is 65.8. The number of allylic oxidation sites excluding steroid dienone is 1. The number of thiophene rings is 1. The lowest BCUT2D eigenvalue weighted by molar-refractivity contribution is -0.145. The lowest BCUT2D eigenvalue weighted by Crippen LogP contribution is -2.31. The summed E-state index contributed by atoms with van der Waals surface area (Å²) in [6.07, 6.45) is 4.78. The Hall–Kier alpha value is -5.26. The number of ketones is 1. The van der Waals surface area contributed by atoms with Crippen molar-refractivity contribution in [2.75, 3.05) is 25.7 Å². The van der Waals surface area contributed by atoms with E-state index in [4.69, 9.17) is 30.5 Å². The highest BCUT2D eigenvalue weighted by Crippen LogP contribution is 2.33. The maximum absolute atomic E-state index is 13.2. The van der Waals surface area contributed by atoms with Gasteiger partial charge in [0.1, 0.15) is 17.2 Å². The molecular formula is C39H36ClNO9S. The van der Waals surface area contributed by atoms with Crippen LogP contribution in [0.25, 0.3) is 6.08 Å². The van der Waals surface area contributed by atoms with Gasteiger partial charge in [-0.1, -0.05) is 11.6 Å². The van der Waals surface area contributed by atoms with Crippen LogP contribution in [0.3, 0.4) is 0 Å². The molecule has 0 radical (unpaired) electrons. The SMILES string of the molecule is CCN(C(=O)c1ccc(C(=O)OC)cc1)c1ccc(OC(=O)C2CCC(C(=O)Oc3ccc(OC)cc3/C=C/C(=O)c3ccc(Cl)s3)CC2)cc1. The maximum atomic E-state index is 13.2. The first-order valence-electron chi connectivity index (χ1n) is 16.3. The van der Waals surface area contributed by atoms with Crippen LogP contribution in [-0.2, 0) is 14.3 Å². The van der Waals surface area contributed by atoms with Gasteiger partial charge in [-0.3, -0.25) is 19.2 Å². The second kappa shape index (κ2) is 17.1. The van der Waals surface area contributed by atoms with E-state index in [0.29, 0.717) is 81.1 Å². The van der Waals surface area contributed by atoms with Crippen LogP contribution in [0.1, 0.15) is 68.6 Å². The first-order chi connectivity index (χ1) is 24.6. The zero-order valence-corrected chi connectivity index (χ0v) is 29.8. The van der Waals surface area contributed by atoms with Crippen molar-refractivity contribution < 1.29 is 42.9 Å². The van der Waals surface area contributed by atoms with Crippen molar-refractivity contribution in [3.8, 4) is 17.2 Å². The molecule has 51 heavy (non-hydrogen) atoms. The van der Waals surface area contributed by atoms with Crippen LogP contribution in [0.5, 0.6) is 17.2 Å². The lowest BCUT2D eigenvalue weighted by Gasteiger charge is -2.26. The molecule has 0 spiro atoms. The third-order valence-corrected chi connectivity index (χ3v) is 9.78. The fourth-order valence-corrected chi connectivity index (χ4v) is 6.65. The van der Waals surface area contributed by atoms with Crippen LogP contribution in [0.4, 0.5) is 5.69 Å². The van der Waals surface area contributed by atoms with Gasteiger partial charge >= 0.3 is 17.9 Å². The van der Waals surface area contributed by atoms with E-state index in [1.807, 2.05) is 6.92 Å². The summed E-state index contributed by atoms with van der Waals surface area (Å²) in [5.74, 6) is -1.38. The molecule has 1 heterocycles. The summed E-state index contributed by atoms with van der Waals surface area (Å²) in [5.41, 5.74) is 1.88. The number of carbonyl (C=O) groups excluding carboxylic acids is 5. The van der Waals surface area contributed by atoms with Crippen LogP contribution < -0.4 is 19.1 Å². The molecule has 10 nitrogen and oxygen atoms in total. The quantitative estimate of drug-likeness (QED) is 0.0616. The van der Waals surface area contributed by atoms with Crippen molar-refractivity contribution in [2.24, 2.45) is 11.8 Å². The largest absolute Gasteiger partial charge is 0.497 e. The smallest absolute Gasteiger partial charge is 0.337 e. The van der Waals surface area contributed by atoms with Crippen molar-refractivity contribution in [2.45, 2.75) is 32.6 Å². The Morgan fingerprint density at radius 1 is 0.784 bits per heavy atom. The number of halogens is 1. The topological polar surface area (TPSA) is 126 Å². The van der Waals surface area contributed by atoms with Crippen molar-refractivity contribution >= 4 is 64.3 Å². The predicted octanol–water partition coefficient (Wildman–Crippen LogP) is 8.08. The summed E-state index contributed by atoms with van der Waals surface area (Å²) in [6.45, 7) is 2.24. The van der Waals surface area contributed by atoms with E-state index < -0.39 is 17.9 Å². The zero-order valence-electron chi connectivity index (χ0n) is 28.3. The number of methoxy groups -OCH3 is 2. The van der Waals surface area contributed by atoms with Crippen LogP contribution in [0, 0.1) is 11.8 Å². The normalized spacial score (nSPS) is 15.5. The van der Waals surface area contributed by atoms with Crippen molar-refractivity contribution in [3.05, 3.63) is 111 Å². The Labute approximate surface area is 304 Å². The number of rotatable bonds is 12. The Bertz CT molecular complexity index is 1930. The average molecular weight is 730 g/mol. The van der Waals surface area contributed by atoms with Crippen molar-refractivity contribution in [1.82, 2.24) is 0 Å². The van der Waals surface area contributed by atoms with Gasteiger partial charge in [0.15, 0.2) is 5.78 Å². The Balaban J connectivity index is 1.14. The van der Waals surface area contributed by atoms with E-state index in [-0.39, 0.29) is 23.6 Å². The number of benzene rings is 3. The average Bonchev–Trinajstić information content (AvgIpc) is 3.61. The summed E-state index contributed by atoms with van der Waals surface area (Å²) in [6, 6.07) is 21.2. The maximum Gasteiger partial charge on any atom is 0.337 e.